The third-order valence-electron chi connectivity index (χ3n) is 2.20. The van der Waals surface area contributed by atoms with E-state index in [2.05, 4.69) is 10.6 Å². The van der Waals surface area contributed by atoms with Gasteiger partial charge in [0, 0.05) is 24.7 Å². The highest BCUT2D eigenvalue weighted by atomic mass is 19.1. The summed E-state index contributed by atoms with van der Waals surface area (Å²) in [5.74, 6) is -0.529. The first-order chi connectivity index (χ1) is 8.60. The van der Waals surface area contributed by atoms with E-state index in [1.54, 1.807) is 0 Å². The van der Waals surface area contributed by atoms with Crippen LogP contribution in [0.15, 0.2) is 18.2 Å². The lowest BCUT2D eigenvalue weighted by Gasteiger charge is -2.07. The minimum atomic E-state index is -0.677. The van der Waals surface area contributed by atoms with E-state index in [1.807, 2.05) is 6.92 Å². The number of anilines is 1. The first kappa shape index (κ1) is 13.9. The molecule has 0 heterocycles. The number of nitrogens with zero attached hydrogens (tertiary/aromatic N) is 1. The van der Waals surface area contributed by atoms with Gasteiger partial charge in [-0.25, -0.2) is 4.39 Å². The molecule has 2 N–H and O–H groups in total. The zero-order chi connectivity index (χ0) is 13.5. The number of halogens is 1. The van der Waals surface area contributed by atoms with Crippen LogP contribution in [0.25, 0.3) is 0 Å². The van der Waals surface area contributed by atoms with E-state index in [-0.39, 0.29) is 17.8 Å². The SMILES string of the molecule is CCNc1ccc(C(=O)NCCF)cc1[N+](=O)[O-]. The van der Waals surface area contributed by atoms with Crippen LogP contribution in [0.3, 0.4) is 0 Å². The van der Waals surface area contributed by atoms with Crippen molar-refractivity contribution < 1.29 is 14.1 Å². The second kappa shape index (κ2) is 6.53. The maximum Gasteiger partial charge on any atom is 0.293 e. The van der Waals surface area contributed by atoms with Crippen LogP contribution >= 0.6 is 0 Å². The van der Waals surface area contributed by atoms with Crippen LogP contribution < -0.4 is 10.6 Å². The van der Waals surface area contributed by atoms with Crippen LogP contribution in [-0.4, -0.2) is 30.6 Å². The highest BCUT2D eigenvalue weighted by Gasteiger charge is 2.16. The molecule has 0 atom stereocenters. The van der Waals surface area contributed by atoms with Crippen molar-refractivity contribution in [1.29, 1.82) is 0 Å². The molecule has 18 heavy (non-hydrogen) atoms. The van der Waals surface area contributed by atoms with Crippen molar-refractivity contribution in [1.82, 2.24) is 5.32 Å². The van der Waals surface area contributed by atoms with Crippen LogP contribution in [0.1, 0.15) is 17.3 Å². The van der Waals surface area contributed by atoms with Gasteiger partial charge in [0.05, 0.1) is 4.92 Å². The summed E-state index contributed by atoms with van der Waals surface area (Å²) < 4.78 is 11.9. The summed E-state index contributed by atoms with van der Waals surface area (Å²) in [7, 11) is 0. The molecule has 0 saturated carbocycles. The van der Waals surface area contributed by atoms with Crippen molar-refractivity contribution >= 4 is 17.3 Å². The van der Waals surface area contributed by atoms with Gasteiger partial charge in [-0.15, -0.1) is 0 Å². The second-order valence-corrected chi connectivity index (χ2v) is 3.46. The fraction of sp³-hybridized carbons (Fsp3) is 0.364. The summed E-state index contributed by atoms with van der Waals surface area (Å²) in [6, 6.07) is 4.09. The van der Waals surface area contributed by atoms with Crippen LogP contribution in [0.5, 0.6) is 0 Å². The van der Waals surface area contributed by atoms with Crippen molar-refractivity contribution in [2.45, 2.75) is 6.92 Å². The first-order valence-corrected chi connectivity index (χ1v) is 5.46. The third kappa shape index (κ3) is 3.41. The van der Waals surface area contributed by atoms with Gasteiger partial charge in [0.15, 0.2) is 0 Å². The van der Waals surface area contributed by atoms with Crippen molar-refractivity contribution in [3.63, 3.8) is 0 Å². The number of carbonyl (C=O) groups excluding carboxylic acids is 1. The minimum absolute atomic E-state index is 0.110. The fourth-order valence-electron chi connectivity index (χ4n) is 1.43. The number of nitrogens with one attached hydrogen (secondary N) is 2. The largest absolute Gasteiger partial charge is 0.380 e. The Labute approximate surface area is 103 Å². The fourth-order valence-corrected chi connectivity index (χ4v) is 1.43. The Morgan fingerprint density at radius 1 is 1.50 bits per heavy atom. The number of amides is 1. The topological polar surface area (TPSA) is 84.3 Å². The maximum absolute atomic E-state index is 11.9. The lowest BCUT2D eigenvalue weighted by atomic mass is 10.1. The Morgan fingerprint density at radius 3 is 2.78 bits per heavy atom. The Balaban J connectivity index is 2.99. The van der Waals surface area contributed by atoms with E-state index in [1.165, 1.54) is 18.2 Å². The molecular weight excluding hydrogens is 241 g/mol. The zero-order valence-electron chi connectivity index (χ0n) is 9.90. The average Bonchev–Trinajstić information content (AvgIpc) is 2.36. The van der Waals surface area contributed by atoms with E-state index >= 15 is 0 Å². The molecular formula is C11H14FN3O3. The normalized spacial score (nSPS) is 9.89. The number of benzene rings is 1. The van der Waals surface area contributed by atoms with Gasteiger partial charge in [-0.05, 0) is 19.1 Å². The van der Waals surface area contributed by atoms with Gasteiger partial charge in [-0.2, -0.15) is 0 Å². The number of nitro benzene ring substituents is 1. The molecule has 98 valence electrons. The highest BCUT2D eigenvalue weighted by Crippen LogP contribution is 2.25. The van der Waals surface area contributed by atoms with E-state index in [9.17, 15) is 19.3 Å². The second-order valence-electron chi connectivity index (χ2n) is 3.46. The Hall–Kier alpha value is -2.18. The number of hydrogen-bond donors (Lipinski definition) is 2. The standard InChI is InChI=1S/C11H14FN3O3/c1-2-13-9-4-3-8(7-10(9)15(17)18)11(16)14-6-5-12/h3-4,7,13H,2,5-6H2,1H3,(H,14,16). The van der Waals surface area contributed by atoms with Crippen LogP contribution in [-0.2, 0) is 0 Å². The molecule has 0 fully saturated rings. The first-order valence-electron chi connectivity index (χ1n) is 5.46. The van der Waals surface area contributed by atoms with Crippen molar-refractivity contribution in [2.24, 2.45) is 0 Å². The van der Waals surface area contributed by atoms with Crippen LogP contribution in [0, 0.1) is 10.1 Å². The Morgan fingerprint density at radius 2 is 2.22 bits per heavy atom. The van der Waals surface area contributed by atoms with Gasteiger partial charge >= 0.3 is 0 Å². The van der Waals surface area contributed by atoms with E-state index in [0.29, 0.717) is 12.2 Å². The average molecular weight is 255 g/mol. The Bertz CT molecular complexity index is 451. The number of nitro groups is 1. The molecule has 1 rings (SSSR count). The van der Waals surface area contributed by atoms with Crippen LogP contribution in [0.4, 0.5) is 15.8 Å². The molecule has 0 unspecified atom stereocenters. The summed E-state index contributed by atoms with van der Waals surface area (Å²) >= 11 is 0. The third-order valence-corrected chi connectivity index (χ3v) is 2.20. The molecule has 0 saturated heterocycles. The van der Waals surface area contributed by atoms with Crippen LogP contribution in [0.2, 0.25) is 0 Å². The maximum atomic E-state index is 11.9. The van der Waals surface area contributed by atoms with Crippen molar-refractivity contribution in [3.8, 4) is 0 Å². The van der Waals surface area contributed by atoms with Crippen molar-refractivity contribution in [2.75, 3.05) is 25.1 Å². The number of hydrogen-bond acceptors (Lipinski definition) is 4. The molecule has 6 nitrogen and oxygen atoms in total. The minimum Gasteiger partial charge on any atom is -0.380 e. The lowest BCUT2D eigenvalue weighted by Crippen LogP contribution is -2.25. The lowest BCUT2D eigenvalue weighted by molar-refractivity contribution is -0.384. The smallest absolute Gasteiger partial charge is 0.293 e. The van der Waals surface area contributed by atoms with Gasteiger partial charge in [0.25, 0.3) is 11.6 Å². The van der Waals surface area contributed by atoms with E-state index < -0.39 is 17.5 Å². The summed E-state index contributed by atoms with van der Waals surface area (Å²) in [4.78, 5) is 21.8. The summed E-state index contributed by atoms with van der Waals surface area (Å²) in [5, 5.41) is 16.0. The quantitative estimate of drug-likeness (QED) is 0.598. The van der Waals surface area contributed by atoms with E-state index in [0.717, 1.165) is 0 Å². The molecule has 0 aromatic heterocycles. The molecule has 0 aliphatic carbocycles. The van der Waals surface area contributed by atoms with Gasteiger partial charge < -0.3 is 10.6 Å². The summed E-state index contributed by atoms with van der Waals surface area (Å²) in [5.41, 5.74) is 0.311. The van der Waals surface area contributed by atoms with Crippen molar-refractivity contribution in [3.05, 3.63) is 33.9 Å². The molecule has 1 aromatic rings. The monoisotopic (exact) mass is 255 g/mol. The molecule has 0 spiro atoms. The highest BCUT2D eigenvalue weighted by molar-refractivity contribution is 5.95. The van der Waals surface area contributed by atoms with Gasteiger partial charge in [-0.3, -0.25) is 14.9 Å². The number of alkyl halides is 1. The molecule has 1 amide bonds. The molecule has 0 radical (unpaired) electrons. The molecule has 0 bridgehead atoms. The molecule has 0 aliphatic rings. The summed E-state index contributed by atoms with van der Waals surface area (Å²) in [6.45, 7) is 1.56. The van der Waals surface area contributed by atoms with Gasteiger partial charge in [0.2, 0.25) is 0 Å². The zero-order valence-corrected chi connectivity index (χ0v) is 9.90. The number of carbonyl (C=O) groups is 1. The predicted octanol–water partition coefficient (Wildman–Crippen LogP) is 1.73. The molecule has 7 heteroatoms. The molecule has 0 aliphatic heterocycles. The van der Waals surface area contributed by atoms with Gasteiger partial charge in [0.1, 0.15) is 12.4 Å². The summed E-state index contributed by atoms with van der Waals surface area (Å²) in [6.07, 6.45) is 0. The van der Waals surface area contributed by atoms with Gasteiger partial charge in [-0.1, -0.05) is 0 Å². The van der Waals surface area contributed by atoms with E-state index in [4.69, 9.17) is 0 Å². The number of rotatable bonds is 6. The predicted molar refractivity (Wildman–Crippen MR) is 65.6 cm³/mol. The Kier molecular flexibility index (Phi) is 5.04. The molecule has 1 aromatic carbocycles.